The summed E-state index contributed by atoms with van der Waals surface area (Å²) in [6, 6.07) is 15.7. The minimum atomic E-state index is -0.358. The van der Waals surface area contributed by atoms with Gasteiger partial charge in [-0.3, -0.25) is 4.79 Å². The predicted molar refractivity (Wildman–Crippen MR) is 124 cm³/mol. The molecule has 5 nitrogen and oxygen atoms in total. The van der Waals surface area contributed by atoms with Crippen molar-refractivity contribution in [2.75, 3.05) is 5.32 Å². The maximum atomic E-state index is 12.9. The molecule has 0 aliphatic carbocycles. The molecule has 0 saturated heterocycles. The second-order valence-corrected chi connectivity index (χ2v) is 9.32. The first-order valence-electron chi connectivity index (χ1n) is 9.88. The van der Waals surface area contributed by atoms with Crippen molar-refractivity contribution in [2.24, 2.45) is 5.92 Å². The Morgan fingerprint density at radius 2 is 1.97 bits per heavy atom. The smallest absolute Gasteiger partial charge is 0.239 e. The van der Waals surface area contributed by atoms with Gasteiger partial charge < -0.3 is 5.32 Å². The lowest BCUT2D eigenvalue weighted by molar-refractivity contribution is -0.115. The largest absolute Gasteiger partial charge is 0.301 e. The van der Waals surface area contributed by atoms with Crippen molar-refractivity contribution in [1.82, 2.24) is 9.97 Å². The number of carbonyl (C=O) groups is 1. The standard InChI is InChI=1S/C23H24N4OS2/c1-4-20(30-22-17(13-24)10-11-18(25-22)12-15(2)3)21(28)27-23-26-19(14-29-23)16-8-6-5-7-9-16/h5-11,14-15,20H,4,12H2,1-3H3,(H,26,27,28). The normalized spacial score (nSPS) is 11.8. The zero-order valence-electron chi connectivity index (χ0n) is 17.3. The van der Waals surface area contributed by atoms with Gasteiger partial charge in [-0.25, -0.2) is 9.97 Å². The van der Waals surface area contributed by atoms with Crippen molar-refractivity contribution in [1.29, 1.82) is 5.26 Å². The summed E-state index contributed by atoms with van der Waals surface area (Å²) in [5.41, 5.74) is 3.29. The van der Waals surface area contributed by atoms with Crippen LogP contribution in [0.4, 0.5) is 5.13 Å². The van der Waals surface area contributed by atoms with Crippen molar-refractivity contribution >= 4 is 34.1 Å². The number of nitriles is 1. The van der Waals surface area contributed by atoms with Crippen LogP contribution in [-0.2, 0) is 11.2 Å². The van der Waals surface area contributed by atoms with Gasteiger partial charge in [-0.05, 0) is 30.9 Å². The Bertz CT molecular complexity index is 1040. The van der Waals surface area contributed by atoms with Crippen LogP contribution in [0.3, 0.4) is 0 Å². The van der Waals surface area contributed by atoms with Gasteiger partial charge in [-0.2, -0.15) is 5.26 Å². The predicted octanol–water partition coefficient (Wildman–Crippen LogP) is 5.78. The van der Waals surface area contributed by atoms with Gasteiger partial charge >= 0.3 is 0 Å². The molecule has 0 spiro atoms. The molecule has 30 heavy (non-hydrogen) atoms. The maximum absolute atomic E-state index is 12.9. The number of benzene rings is 1. The van der Waals surface area contributed by atoms with E-state index in [9.17, 15) is 10.1 Å². The molecule has 0 radical (unpaired) electrons. The average Bonchev–Trinajstić information content (AvgIpc) is 3.20. The zero-order valence-corrected chi connectivity index (χ0v) is 18.9. The van der Waals surface area contributed by atoms with Gasteiger partial charge in [0.15, 0.2) is 5.13 Å². The molecule has 1 amide bonds. The highest BCUT2D eigenvalue weighted by atomic mass is 32.2. The van der Waals surface area contributed by atoms with Crippen LogP contribution in [0.5, 0.6) is 0 Å². The lowest BCUT2D eigenvalue weighted by Gasteiger charge is -2.15. The van der Waals surface area contributed by atoms with E-state index in [1.54, 1.807) is 6.07 Å². The van der Waals surface area contributed by atoms with E-state index >= 15 is 0 Å². The SMILES string of the molecule is CCC(Sc1nc(CC(C)C)ccc1C#N)C(=O)Nc1nc(-c2ccccc2)cs1. The Morgan fingerprint density at radius 1 is 1.20 bits per heavy atom. The molecule has 0 saturated carbocycles. The Balaban J connectivity index is 1.73. The number of carbonyl (C=O) groups excluding carboxylic acids is 1. The molecule has 3 rings (SSSR count). The van der Waals surface area contributed by atoms with E-state index < -0.39 is 0 Å². The molecular formula is C23H24N4OS2. The summed E-state index contributed by atoms with van der Waals surface area (Å²) >= 11 is 2.75. The summed E-state index contributed by atoms with van der Waals surface area (Å²) in [5, 5.41) is 15.1. The van der Waals surface area contributed by atoms with Gasteiger partial charge in [0, 0.05) is 16.6 Å². The summed E-state index contributed by atoms with van der Waals surface area (Å²) in [6.45, 7) is 6.22. The van der Waals surface area contributed by atoms with Crippen molar-refractivity contribution in [3.8, 4) is 17.3 Å². The van der Waals surface area contributed by atoms with Gasteiger partial charge in [0.1, 0.15) is 11.1 Å². The third-order valence-electron chi connectivity index (χ3n) is 4.38. The molecule has 3 aromatic rings. The van der Waals surface area contributed by atoms with E-state index in [1.165, 1.54) is 23.1 Å². The van der Waals surface area contributed by atoms with E-state index in [1.807, 2.05) is 48.7 Å². The number of hydrogen-bond acceptors (Lipinski definition) is 6. The fourth-order valence-corrected chi connectivity index (χ4v) is 4.64. The molecule has 154 valence electrons. The minimum Gasteiger partial charge on any atom is -0.301 e. The summed E-state index contributed by atoms with van der Waals surface area (Å²) in [7, 11) is 0. The van der Waals surface area contributed by atoms with Crippen LogP contribution in [0.15, 0.2) is 52.9 Å². The van der Waals surface area contributed by atoms with Crippen LogP contribution in [0, 0.1) is 17.2 Å². The topological polar surface area (TPSA) is 78.7 Å². The van der Waals surface area contributed by atoms with Crippen LogP contribution in [0.25, 0.3) is 11.3 Å². The molecule has 1 N–H and O–H groups in total. The number of pyridine rings is 1. The van der Waals surface area contributed by atoms with Crippen LogP contribution < -0.4 is 5.32 Å². The summed E-state index contributed by atoms with van der Waals surface area (Å²) < 4.78 is 0. The molecule has 0 aliphatic rings. The van der Waals surface area contributed by atoms with Gasteiger partial charge in [-0.15, -0.1) is 11.3 Å². The molecule has 1 atom stereocenters. The van der Waals surface area contributed by atoms with Crippen LogP contribution in [0.2, 0.25) is 0 Å². The minimum absolute atomic E-state index is 0.128. The first-order valence-corrected chi connectivity index (χ1v) is 11.6. The Morgan fingerprint density at radius 3 is 2.63 bits per heavy atom. The number of thioether (sulfide) groups is 1. The number of thiazole rings is 1. The van der Waals surface area contributed by atoms with Crippen molar-refractivity contribution < 1.29 is 4.79 Å². The molecular weight excluding hydrogens is 412 g/mol. The van der Waals surface area contributed by atoms with Crippen LogP contribution >= 0.6 is 23.1 Å². The quantitative estimate of drug-likeness (QED) is 0.453. The monoisotopic (exact) mass is 436 g/mol. The fraction of sp³-hybridized carbons (Fsp3) is 0.304. The summed E-state index contributed by atoms with van der Waals surface area (Å²) in [5.74, 6) is 0.341. The van der Waals surface area contributed by atoms with Crippen molar-refractivity contribution in [3.63, 3.8) is 0 Å². The Labute approximate surface area is 185 Å². The van der Waals surface area contributed by atoms with E-state index in [0.29, 0.717) is 28.1 Å². The number of rotatable bonds is 8. The van der Waals surface area contributed by atoms with Crippen molar-refractivity contribution in [2.45, 2.75) is 43.9 Å². The summed E-state index contributed by atoms with van der Waals surface area (Å²) in [6.07, 6.45) is 1.46. The van der Waals surface area contributed by atoms with E-state index in [0.717, 1.165) is 23.4 Å². The average molecular weight is 437 g/mol. The van der Waals surface area contributed by atoms with Crippen LogP contribution in [0.1, 0.15) is 38.4 Å². The zero-order chi connectivity index (χ0) is 21.5. The van der Waals surface area contributed by atoms with Gasteiger partial charge in [0.05, 0.1) is 16.5 Å². The fourth-order valence-electron chi connectivity index (χ4n) is 2.90. The number of nitrogens with one attached hydrogen (secondary N) is 1. The number of hydrogen-bond donors (Lipinski definition) is 1. The van der Waals surface area contributed by atoms with Gasteiger partial charge in [-0.1, -0.05) is 62.9 Å². The molecule has 1 unspecified atom stereocenters. The molecule has 2 aromatic heterocycles. The van der Waals surface area contributed by atoms with Crippen molar-refractivity contribution in [3.05, 3.63) is 59.1 Å². The third kappa shape index (κ3) is 5.68. The van der Waals surface area contributed by atoms with Gasteiger partial charge in [0.25, 0.3) is 0 Å². The Hall–Kier alpha value is -2.69. The maximum Gasteiger partial charge on any atom is 0.239 e. The van der Waals surface area contributed by atoms with Gasteiger partial charge in [0.2, 0.25) is 5.91 Å². The number of aromatic nitrogens is 2. The second kappa shape index (κ2) is 10.4. The highest BCUT2D eigenvalue weighted by Gasteiger charge is 2.22. The number of anilines is 1. The lowest BCUT2D eigenvalue weighted by atomic mass is 10.1. The van der Waals surface area contributed by atoms with Crippen LogP contribution in [-0.4, -0.2) is 21.1 Å². The molecule has 0 fully saturated rings. The highest BCUT2D eigenvalue weighted by molar-refractivity contribution is 8.00. The van der Waals surface area contributed by atoms with E-state index in [4.69, 9.17) is 0 Å². The molecule has 1 aromatic carbocycles. The third-order valence-corrected chi connectivity index (χ3v) is 6.50. The highest BCUT2D eigenvalue weighted by Crippen LogP contribution is 2.30. The first-order chi connectivity index (χ1) is 14.5. The van der Waals surface area contributed by atoms with E-state index in [2.05, 4.69) is 35.2 Å². The molecule has 0 aliphatic heterocycles. The second-order valence-electron chi connectivity index (χ2n) is 7.27. The Kier molecular flexibility index (Phi) is 7.61. The first kappa shape index (κ1) is 22.0. The number of nitrogens with zero attached hydrogens (tertiary/aromatic N) is 3. The molecule has 7 heteroatoms. The van der Waals surface area contributed by atoms with E-state index in [-0.39, 0.29) is 11.2 Å². The summed E-state index contributed by atoms with van der Waals surface area (Å²) in [4.78, 5) is 22.1. The molecule has 2 heterocycles. The number of amides is 1. The lowest BCUT2D eigenvalue weighted by Crippen LogP contribution is -2.24. The molecule has 0 bridgehead atoms.